The number of piperidine rings is 1. The Morgan fingerprint density at radius 2 is 1.82 bits per heavy atom. The molecule has 0 aliphatic carbocycles. The number of rotatable bonds is 4. The van der Waals surface area contributed by atoms with Crippen LogP contribution in [0.4, 0.5) is 14.5 Å². The van der Waals surface area contributed by atoms with Crippen LogP contribution in [0.15, 0.2) is 18.2 Å². The SMILES string of the molecule is Fc1ccc(NCCN2CCCCC2)cc1F. The quantitative estimate of drug-likeness (QED) is 0.870. The van der Waals surface area contributed by atoms with Crippen LogP contribution in [0, 0.1) is 11.6 Å². The topological polar surface area (TPSA) is 15.3 Å². The van der Waals surface area contributed by atoms with Crippen LogP contribution in [-0.4, -0.2) is 31.1 Å². The van der Waals surface area contributed by atoms with Crippen LogP contribution in [0.2, 0.25) is 0 Å². The first-order valence-electron chi connectivity index (χ1n) is 6.17. The summed E-state index contributed by atoms with van der Waals surface area (Å²) in [6.45, 7) is 4.03. The van der Waals surface area contributed by atoms with Gasteiger partial charge in [0.15, 0.2) is 11.6 Å². The van der Waals surface area contributed by atoms with E-state index in [-0.39, 0.29) is 0 Å². The van der Waals surface area contributed by atoms with Crippen molar-refractivity contribution in [2.75, 3.05) is 31.5 Å². The Kier molecular flexibility index (Phi) is 4.31. The second kappa shape index (κ2) is 5.96. The van der Waals surface area contributed by atoms with E-state index in [1.165, 1.54) is 25.3 Å². The fourth-order valence-corrected chi connectivity index (χ4v) is 2.15. The van der Waals surface area contributed by atoms with Gasteiger partial charge in [-0.1, -0.05) is 6.42 Å². The fraction of sp³-hybridized carbons (Fsp3) is 0.538. The van der Waals surface area contributed by atoms with Crippen LogP contribution in [-0.2, 0) is 0 Å². The second-order valence-electron chi connectivity index (χ2n) is 4.46. The Labute approximate surface area is 101 Å². The molecule has 1 N–H and O–H groups in total. The summed E-state index contributed by atoms with van der Waals surface area (Å²) >= 11 is 0. The van der Waals surface area contributed by atoms with E-state index in [9.17, 15) is 8.78 Å². The van der Waals surface area contributed by atoms with Crippen molar-refractivity contribution in [2.45, 2.75) is 19.3 Å². The van der Waals surface area contributed by atoms with Crippen LogP contribution in [0.3, 0.4) is 0 Å². The highest BCUT2D eigenvalue weighted by Crippen LogP contribution is 2.13. The van der Waals surface area contributed by atoms with Gasteiger partial charge in [0.2, 0.25) is 0 Å². The molecule has 1 heterocycles. The van der Waals surface area contributed by atoms with E-state index in [4.69, 9.17) is 0 Å². The number of nitrogens with zero attached hydrogens (tertiary/aromatic N) is 1. The average Bonchev–Trinajstić information content (AvgIpc) is 2.35. The van der Waals surface area contributed by atoms with E-state index in [0.717, 1.165) is 32.2 Å². The molecule has 0 atom stereocenters. The third kappa shape index (κ3) is 3.66. The standard InChI is InChI=1S/C13H18F2N2/c14-12-5-4-11(10-13(12)15)16-6-9-17-7-2-1-3-8-17/h4-5,10,16H,1-3,6-9H2. The third-order valence-electron chi connectivity index (χ3n) is 3.13. The first-order valence-corrected chi connectivity index (χ1v) is 6.17. The van der Waals surface area contributed by atoms with Gasteiger partial charge in [-0.2, -0.15) is 0 Å². The number of benzene rings is 1. The lowest BCUT2D eigenvalue weighted by atomic mass is 10.1. The summed E-state index contributed by atoms with van der Waals surface area (Å²) in [5.74, 6) is -1.60. The lowest BCUT2D eigenvalue weighted by Crippen LogP contribution is -2.33. The highest BCUT2D eigenvalue weighted by atomic mass is 19.2. The summed E-state index contributed by atoms with van der Waals surface area (Å²) in [5, 5.41) is 3.11. The normalized spacial score (nSPS) is 17.1. The average molecular weight is 240 g/mol. The minimum atomic E-state index is -0.799. The van der Waals surface area contributed by atoms with Gasteiger partial charge in [0.25, 0.3) is 0 Å². The van der Waals surface area contributed by atoms with Crippen LogP contribution in [0.25, 0.3) is 0 Å². The Balaban J connectivity index is 1.75. The molecule has 1 aliphatic heterocycles. The van der Waals surface area contributed by atoms with Crippen molar-refractivity contribution >= 4 is 5.69 Å². The molecule has 1 aromatic rings. The number of nitrogens with one attached hydrogen (secondary N) is 1. The maximum absolute atomic E-state index is 12.9. The molecule has 2 nitrogen and oxygen atoms in total. The van der Waals surface area contributed by atoms with Gasteiger partial charge in [-0.05, 0) is 44.1 Å². The largest absolute Gasteiger partial charge is 0.384 e. The van der Waals surface area contributed by atoms with Crippen molar-refractivity contribution < 1.29 is 8.78 Å². The number of hydrogen-bond acceptors (Lipinski definition) is 2. The van der Waals surface area contributed by atoms with E-state index in [1.54, 1.807) is 6.07 Å². The van der Waals surface area contributed by atoms with Gasteiger partial charge in [0, 0.05) is 18.8 Å². The molecule has 1 aromatic carbocycles. The molecular formula is C13H18F2N2. The van der Waals surface area contributed by atoms with E-state index in [2.05, 4.69) is 10.2 Å². The van der Waals surface area contributed by atoms with Gasteiger partial charge >= 0.3 is 0 Å². The van der Waals surface area contributed by atoms with Gasteiger partial charge in [-0.15, -0.1) is 0 Å². The molecule has 94 valence electrons. The van der Waals surface area contributed by atoms with Crippen LogP contribution in [0.5, 0.6) is 0 Å². The van der Waals surface area contributed by atoms with E-state index in [1.807, 2.05) is 0 Å². The van der Waals surface area contributed by atoms with Crippen LogP contribution < -0.4 is 5.32 Å². The molecular weight excluding hydrogens is 222 g/mol. The van der Waals surface area contributed by atoms with Gasteiger partial charge in [0.05, 0.1) is 0 Å². The van der Waals surface area contributed by atoms with E-state index >= 15 is 0 Å². The fourth-order valence-electron chi connectivity index (χ4n) is 2.15. The van der Waals surface area contributed by atoms with Crippen molar-refractivity contribution in [2.24, 2.45) is 0 Å². The van der Waals surface area contributed by atoms with Crippen molar-refractivity contribution in [1.82, 2.24) is 4.90 Å². The van der Waals surface area contributed by atoms with Gasteiger partial charge in [0.1, 0.15) is 0 Å². The molecule has 0 aromatic heterocycles. The molecule has 0 unspecified atom stereocenters. The molecule has 17 heavy (non-hydrogen) atoms. The Morgan fingerprint density at radius 3 is 2.53 bits per heavy atom. The Morgan fingerprint density at radius 1 is 1.06 bits per heavy atom. The summed E-state index contributed by atoms with van der Waals surface area (Å²) in [6, 6.07) is 3.92. The van der Waals surface area contributed by atoms with E-state index in [0.29, 0.717) is 5.69 Å². The third-order valence-corrected chi connectivity index (χ3v) is 3.13. The highest BCUT2D eigenvalue weighted by molar-refractivity contribution is 5.43. The summed E-state index contributed by atoms with van der Waals surface area (Å²) in [5.41, 5.74) is 0.640. The minimum Gasteiger partial charge on any atom is -0.384 e. The number of anilines is 1. The monoisotopic (exact) mass is 240 g/mol. The molecule has 4 heteroatoms. The zero-order valence-electron chi connectivity index (χ0n) is 9.88. The molecule has 0 spiro atoms. The van der Waals surface area contributed by atoms with Gasteiger partial charge < -0.3 is 10.2 Å². The maximum Gasteiger partial charge on any atom is 0.160 e. The predicted molar refractivity (Wildman–Crippen MR) is 65.1 cm³/mol. The zero-order valence-corrected chi connectivity index (χ0v) is 9.88. The molecule has 0 amide bonds. The number of hydrogen-bond donors (Lipinski definition) is 1. The molecule has 2 rings (SSSR count). The Hall–Kier alpha value is -1.16. The summed E-state index contributed by atoms with van der Waals surface area (Å²) in [7, 11) is 0. The van der Waals surface area contributed by atoms with Crippen molar-refractivity contribution in [3.05, 3.63) is 29.8 Å². The van der Waals surface area contributed by atoms with Crippen molar-refractivity contribution in [1.29, 1.82) is 0 Å². The number of halogens is 2. The molecule has 0 bridgehead atoms. The van der Waals surface area contributed by atoms with Gasteiger partial charge in [-0.3, -0.25) is 0 Å². The molecule has 1 aliphatic rings. The van der Waals surface area contributed by atoms with Gasteiger partial charge in [-0.25, -0.2) is 8.78 Å². The smallest absolute Gasteiger partial charge is 0.160 e. The van der Waals surface area contributed by atoms with Crippen molar-refractivity contribution in [3.63, 3.8) is 0 Å². The Bertz CT molecular complexity index is 362. The minimum absolute atomic E-state index is 0.640. The zero-order chi connectivity index (χ0) is 12.1. The molecule has 1 saturated heterocycles. The van der Waals surface area contributed by atoms with Crippen molar-refractivity contribution in [3.8, 4) is 0 Å². The maximum atomic E-state index is 12.9. The highest BCUT2D eigenvalue weighted by Gasteiger charge is 2.09. The molecule has 0 radical (unpaired) electrons. The van der Waals surface area contributed by atoms with Crippen LogP contribution >= 0.6 is 0 Å². The summed E-state index contributed by atoms with van der Waals surface area (Å²) in [4.78, 5) is 2.40. The molecule has 1 fully saturated rings. The first-order chi connectivity index (χ1) is 8.25. The lowest BCUT2D eigenvalue weighted by molar-refractivity contribution is 0.237. The van der Waals surface area contributed by atoms with Crippen LogP contribution in [0.1, 0.15) is 19.3 Å². The predicted octanol–water partition coefficient (Wildman–Crippen LogP) is 2.86. The lowest BCUT2D eigenvalue weighted by Gasteiger charge is -2.26. The second-order valence-corrected chi connectivity index (χ2v) is 4.46. The first kappa shape index (κ1) is 12.3. The summed E-state index contributed by atoms with van der Waals surface area (Å²) in [6.07, 6.45) is 3.86. The summed E-state index contributed by atoms with van der Waals surface area (Å²) < 4.78 is 25.6. The van der Waals surface area contributed by atoms with E-state index < -0.39 is 11.6 Å². The molecule has 0 saturated carbocycles. The number of likely N-dealkylation sites (tertiary alicyclic amines) is 1.